The second-order valence-electron chi connectivity index (χ2n) is 8.07. The summed E-state index contributed by atoms with van der Waals surface area (Å²) in [7, 11) is 0. The Labute approximate surface area is 145 Å². The maximum absolute atomic E-state index is 11.7. The van der Waals surface area contributed by atoms with Gasteiger partial charge in [0.2, 0.25) is 0 Å². The van der Waals surface area contributed by atoms with Gasteiger partial charge in [0.1, 0.15) is 11.4 Å². The molecule has 0 aliphatic heterocycles. The highest BCUT2D eigenvalue weighted by Gasteiger charge is 2.24. The molecule has 2 rings (SSSR count). The number of anilines is 2. The van der Waals surface area contributed by atoms with Crippen LogP contribution >= 0.6 is 0 Å². The van der Waals surface area contributed by atoms with Gasteiger partial charge < -0.3 is 10.1 Å². The van der Waals surface area contributed by atoms with Crippen LogP contribution in [-0.2, 0) is 4.74 Å². The minimum Gasteiger partial charge on any atom is -0.444 e. The fraction of sp³-hybridized carbons (Fsp3) is 0.684. The Bertz CT molecular complexity index is 535. The van der Waals surface area contributed by atoms with Gasteiger partial charge in [-0.25, -0.2) is 9.78 Å². The third-order valence-corrected chi connectivity index (χ3v) is 4.42. The predicted octanol–water partition coefficient (Wildman–Crippen LogP) is 5.06. The molecule has 1 fully saturated rings. The van der Waals surface area contributed by atoms with E-state index in [-0.39, 0.29) is 0 Å². The average molecular weight is 333 g/mol. The molecular weight excluding hydrogens is 302 g/mol. The molecule has 0 saturated heterocycles. The molecule has 0 spiro atoms. The highest BCUT2D eigenvalue weighted by molar-refractivity contribution is 5.83. The first-order valence-electron chi connectivity index (χ1n) is 8.95. The molecule has 5 nitrogen and oxygen atoms in total. The van der Waals surface area contributed by atoms with Crippen molar-refractivity contribution < 1.29 is 9.53 Å². The number of rotatable bonds is 4. The van der Waals surface area contributed by atoms with E-state index in [1.807, 2.05) is 26.8 Å². The van der Waals surface area contributed by atoms with E-state index in [0.29, 0.717) is 11.9 Å². The van der Waals surface area contributed by atoms with Crippen molar-refractivity contribution in [3.63, 3.8) is 0 Å². The fourth-order valence-corrected chi connectivity index (χ4v) is 3.16. The summed E-state index contributed by atoms with van der Waals surface area (Å²) in [5.74, 6) is 2.05. The van der Waals surface area contributed by atoms with E-state index >= 15 is 0 Å². The molecule has 1 aromatic heterocycles. The van der Waals surface area contributed by atoms with E-state index in [4.69, 9.17) is 4.74 Å². The second kappa shape index (κ2) is 7.86. The summed E-state index contributed by atoms with van der Waals surface area (Å²) in [6, 6.07) is 4.27. The number of ether oxygens (including phenoxy) is 1. The molecule has 5 heteroatoms. The van der Waals surface area contributed by atoms with E-state index < -0.39 is 11.7 Å². The van der Waals surface area contributed by atoms with Crippen LogP contribution in [-0.4, -0.2) is 22.7 Å². The summed E-state index contributed by atoms with van der Waals surface area (Å²) in [6.45, 7) is 10.1. The average Bonchev–Trinajstić information content (AvgIpc) is 2.47. The summed E-state index contributed by atoms with van der Waals surface area (Å²) in [6.07, 6.45) is 6.34. The predicted molar refractivity (Wildman–Crippen MR) is 98.3 cm³/mol. The van der Waals surface area contributed by atoms with Crippen molar-refractivity contribution in [2.24, 2.45) is 11.8 Å². The molecule has 1 aromatic rings. The first-order valence-corrected chi connectivity index (χ1v) is 8.95. The van der Waals surface area contributed by atoms with Gasteiger partial charge in [0.05, 0.1) is 11.9 Å². The first kappa shape index (κ1) is 18.6. The largest absolute Gasteiger partial charge is 0.444 e. The molecule has 2 N–H and O–H groups in total. The third kappa shape index (κ3) is 6.02. The summed E-state index contributed by atoms with van der Waals surface area (Å²) in [5.41, 5.74) is 0.485. The van der Waals surface area contributed by atoms with Crippen molar-refractivity contribution in [3.05, 3.63) is 18.3 Å². The van der Waals surface area contributed by atoms with Crippen LogP contribution < -0.4 is 10.6 Å². The number of carbonyl (C=O) groups excluding carboxylic acids is 1. The van der Waals surface area contributed by atoms with Crippen LogP contribution in [0.2, 0.25) is 0 Å². The highest BCUT2D eigenvalue weighted by Crippen LogP contribution is 2.31. The number of pyridine rings is 1. The van der Waals surface area contributed by atoms with Gasteiger partial charge in [-0.1, -0.05) is 26.7 Å². The molecule has 24 heavy (non-hydrogen) atoms. The van der Waals surface area contributed by atoms with Crippen LogP contribution in [0.5, 0.6) is 0 Å². The Morgan fingerprint density at radius 3 is 2.62 bits per heavy atom. The zero-order valence-corrected chi connectivity index (χ0v) is 15.6. The van der Waals surface area contributed by atoms with Gasteiger partial charge in [-0.3, -0.25) is 5.32 Å². The topological polar surface area (TPSA) is 63.2 Å². The molecule has 134 valence electrons. The number of amides is 1. The van der Waals surface area contributed by atoms with E-state index in [9.17, 15) is 4.79 Å². The standard InChI is InChI=1S/C19H31N3O2/c1-13(2)14-7-6-8-15(11-14)21-16-9-10-17(20-12-16)22-18(23)24-19(3,4)5/h9-10,12-15,21H,6-8,11H2,1-5H3,(H,20,22,23). The number of nitrogens with one attached hydrogen (secondary N) is 2. The molecule has 2 atom stereocenters. The molecule has 0 bridgehead atoms. The van der Waals surface area contributed by atoms with Crippen molar-refractivity contribution in [2.75, 3.05) is 10.6 Å². The Morgan fingerprint density at radius 1 is 1.29 bits per heavy atom. The third-order valence-electron chi connectivity index (χ3n) is 4.42. The summed E-state index contributed by atoms with van der Waals surface area (Å²) >= 11 is 0. The number of carbonyl (C=O) groups is 1. The number of nitrogens with zero attached hydrogens (tertiary/aromatic N) is 1. The molecule has 1 saturated carbocycles. The Hall–Kier alpha value is -1.78. The zero-order valence-electron chi connectivity index (χ0n) is 15.6. The van der Waals surface area contributed by atoms with Crippen LogP contribution in [0.4, 0.5) is 16.3 Å². The molecular formula is C19H31N3O2. The SMILES string of the molecule is CC(C)C1CCCC(Nc2ccc(NC(=O)OC(C)(C)C)nc2)C1. The highest BCUT2D eigenvalue weighted by atomic mass is 16.6. The Morgan fingerprint density at radius 2 is 2.04 bits per heavy atom. The van der Waals surface area contributed by atoms with Crippen LogP contribution in [0, 0.1) is 11.8 Å². The van der Waals surface area contributed by atoms with Gasteiger partial charge in [-0.15, -0.1) is 0 Å². The van der Waals surface area contributed by atoms with Crippen LogP contribution in [0.25, 0.3) is 0 Å². The van der Waals surface area contributed by atoms with Crippen molar-refractivity contribution in [1.29, 1.82) is 0 Å². The molecule has 0 radical (unpaired) electrons. The van der Waals surface area contributed by atoms with Gasteiger partial charge in [0.25, 0.3) is 0 Å². The lowest BCUT2D eigenvalue weighted by Crippen LogP contribution is -2.29. The summed E-state index contributed by atoms with van der Waals surface area (Å²) in [4.78, 5) is 16.0. The lowest BCUT2D eigenvalue weighted by Gasteiger charge is -2.32. The minimum absolute atomic E-state index is 0.484. The molecule has 1 amide bonds. The van der Waals surface area contributed by atoms with E-state index in [1.54, 1.807) is 12.3 Å². The molecule has 1 aliphatic carbocycles. The van der Waals surface area contributed by atoms with Crippen LogP contribution in [0.1, 0.15) is 60.3 Å². The zero-order chi connectivity index (χ0) is 17.7. The number of hydrogen-bond donors (Lipinski definition) is 2. The summed E-state index contributed by atoms with van der Waals surface area (Å²) < 4.78 is 5.22. The van der Waals surface area contributed by atoms with Crippen molar-refractivity contribution in [3.8, 4) is 0 Å². The normalized spacial score (nSPS) is 21.4. The van der Waals surface area contributed by atoms with E-state index in [1.165, 1.54) is 25.7 Å². The molecule has 2 unspecified atom stereocenters. The van der Waals surface area contributed by atoms with Gasteiger partial charge in [-0.05, 0) is 57.6 Å². The summed E-state index contributed by atoms with van der Waals surface area (Å²) in [5, 5.41) is 6.23. The lowest BCUT2D eigenvalue weighted by molar-refractivity contribution is 0.0635. The van der Waals surface area contributed by atoms with Crippen LogP contribution in [0.3, 0.4) is 0 Å². The van der Waals surface area contributed by atoms with Crippen molar-refractivity contribution >= 4 is 17.6 Å². The number of aromatic nitrogens is 1. The molecule has 1 aliphatic rings. The smallest absolute Gasteiger partial charge is 0.413 e. The number of hydrogen-bond acceptors (Lipinski definition) is 4. The molecule has 0 aromatic carbocycles. The van der Waals surface area contributed by atoms with Gasteiger partial charge in [0, 0.05) is 6.04 Å². The van der Waals surface area contributed by atoms with Gasteiger partial charge in [-0.2, -0.15) is 0 Å². The van der Waals surface area contributed by atoms with Crippen molar-refractivity contribution in [2.45, 2.75) is 71.9 Å². The maximum Gasteiger partial charge on any atom is 0.413 e. The Kier molecular flexibility index (Phi) is 6.08. The van der Waals surface area contributed by atoms with Gasteiger partial charge >= 0.3 is 6.09 Å². The lowest BCUT2D eigenvalue weighted by atomic mass is 9.79. The van der Waals surface area contributed by atoms with E-state index in [2.05, 4.69) is 29.5 Å². The van der Waals surface area contributed by atoms with Gasteiger partial charge in [0.15, 0.2) is 0 Å². The fourth-order valence-electron chi connectivity index (χ4n) is 3.16. The quantitative estimate of drug-likeness (QED) is 0.809. The monoisotopic (exact) mass is 333 g/mol. The van der Waals surface area contributed by atoms with Crippen LogP contribution in [0.15, 0.2) is 18.3 Å². The first-order chi connectivity index (χ1) is 11.2. The van der Waals surface area contributed by atoms with E-state index in [0.717, 1.165) is 17.5 Å². The minimum atomic E-state index is -0.514. The maximum atomic E-state index is 11.7. The van der Waals surface area contributed by atoms with Crippen molar-refractivity contribution in [1.82, 2.24) is 4.98 Å². The molecule has 1 heterocycles. The Balaban J connectivity index is 1.87. The second-order valence-corrected chi connectivity index (χ2v) is 8.07.